The van der Waals surface area contributed by atoms with E-state index in [-0.39, 0.29) is 55.0 Å². The Morgan fingerprint density at radius 3 is 2.48 bits per heavy atom. The van der Waals surface area contributed by atoms with Gasteiger partial charge < -0.3 is 30.5 Å². The first-order chi connectivity index (χ1) is 23.6. The summed E-state index contributed by atoms with van der Waals surface area (Å²) in [5.41, 5.74) is -0.386. The average molecular weight is 719 g/mol. The topological polar surface area (TPSA) is 168 Å². The first-order valence-corrected chi connectivity index (χ1v) is 16.7. The molecular weight excluding hydrogens is 681 g/mol. The number of fused-ring (bicyclic) bond motifs is 2. The van der Waals surface area contributed by atoms with E-state index in [1.54, 1.807) is 44.2 Å². The number of amides is 5. The van der Waals surface area contributed by atoms with E-state index in [4.69, 9.17) is 4.74 Å². The van der Waals surface area contributed by atoms with E-state index < -0.39 is 65.7 Å². The number of likely N-dealkylation sites (N-methyl/N-ethyl adjacent to an activating group) is 1. The number of aryl methyl sites for hydroxylation is 1. The Morgan fingerprint density at radius 1 is 1.08 bits per heavy atom. The number of alkyl halides is 3. The van der Waals surface area contributed by atoms with Crippen LogP contribution in [0.15, 0.2) is 41.8 Å². The van der Waals surface area contributed by atoms with Crippen LogP contribution in [0.3, 0.4) is 0 Å². The van der Waals surface area contributed by atoms with E-state index in [1.165, 1.54) is 24.3 Å². The summed E-state index contributed by atoms with van der Waals surface area (Å²) in [5, 5.41) is 13.1. The number of aromatic nitrogens is 3. The number of carbonyl (C=O) groups is 5. The van der Waals surface area contributed by atoms with Crippen LogP contribution in [0.2, 0.25) is 0 Å². The van der Waals surface area contributed by atoms with Gasteiger partial charge in [0.1, 0.15) is 17.8 Å². The molecule has 3 N–H and O–H groups in total. The van der Waals surface area contributed by atoms with Gasteiger partial charge in [-0.05, 0) is 24.5 Å². The summed E-state index contributed by atoms with van der Waals surface area (Å²) in [6.07, 6.45) is -6.86. The number of thiazole rings is 1. The molecule has 268 valence electrons. The summed E-state index contributed by atoms with van der Waals surface area (Å²) in [6, 6.07) is 7.71. The lowest BCUT2D eigenvalue weighted by Gasteiger charge is -2.38. The van der Waals surface area contributed by atoms with Gasteiger partial charge in [0.05, 0.1) is 24.9 Å². The summed E-state index contributed by atoms with van der Waals surface area (Å²) in [6.45, 7) is 3.96. The highest BCUT2D eigenvalue weighted by Gasteiger charge is 2.40. The second-order valence-corrected chi connectivity index (χ2v) is 13.4. The highest BCUT2D eigenvalue weighted by atomic mass is 32.1. The van der Waals surface area contributed by atoms with Crippen LogP contribution in [-0.4, -0.2) is 112 Å². The molecule has 14 nitrogen and oxygen atoms in total. The van der Waals surface area contributed by atoms with Crippen LogP contribution in [0.4, 0.5) is 13.2 Å². The fraction of sp³-hybridized carbons (Fsp3) is 0.469. The largest absolute Gasteiger partial charge is 0.433 e. The van der Waals surface area contributed by atoms with Crippen molar-refractivity contribution in [1.29, 1.82) is 0 Å². The molecule has 2 aromatic heterocycles. The highest BCUT2D eigenvalue weighted by molar-refractivity contribution is 7.12. The molecule has 0 aliphatic carbocycles. The molecule has 18 heteroatoms. The Bertz CT molecular complexity index is 1750. The molecular formula is C32H37F3N8O6S. The lowest BCUT2D eigenvalue weighted by molar-refractivity contribution is -0.148. The number of ether oxygens (including phenoxy) is 1. The molecule has 3 aromatic rings. The van der Waals surface area contributed by atoms with Gasteiger partial charge in [0.15, 0.2) is 11.8 Å². The number of hydrogen-bond donors (Lipinski definition) is 3. The van der Waals surface area contributed by atoms with Crippen molar-refractivity contribution in [3.8, 4) is 5.13 Å². The minimum atomic E-state index is -4.72. The highest BCUT2D eigenvalue weighted by Crippen LogP contribution is 2.32. The third-order valence-corrected chi connectivity index (χ3v) is 9.00. The normalized spacial score (nSPS) is 22.8. The predicted octanol–water partition coefficient (Wildman–Crippen LogP) is 1.32. The molecule has 4 atom stereocenters. The number of carbonyl (C=O) groups excluding carboxylic acids is 5. The van der Waals surface area contributed by atoms with E-state index in [2.05, 4.69) is 26.0 Å². The third kappa shape index (κ3) is 8.47. The first kappa shape index (κ1) is 36.4. The summed E-state index contributed by atoms with van der Waals surface area (Å²) in [5.74, 6) is -3.42. The number of rotatable bonds is 5. The lowest BCUT2D eigenvalue weighted by Crippen LogP contribution is -2.59. The Hall–Kier alpha value is -4.84. The minimum Gasteiger partial charge on any atom is -0.360 e. The molecule has 0 unspecified atom stereocenters. The number of benzene rings is 1. The van der Waals surface area contributed by atoms with Crippen molar-refractivity contribution in [2.45, 2.75) is 57.7 Å². The number of hydrogen-bond acceptors (Lipinski definition) is 9. The predicted molar refractivity (Wildman–Crippen MR) is 173 cm³/mol. The van der Waals surface area contributed by atoms with Gasteiger partial charge in [-0.3, -0.25) is 24.0 Å². The SMILES string of the molecule is Cc1cc(C(F)(F)F)n(-c2nc(C(=O)N3C[C@@H]4CNC(=O)[C@H](C(C)C)NC(=O)CN(C)C(=O)[C@@H](Cc5ccccc5)NC(=O)[C@@H](C3)O4)cs2)n1. The quantitative estimate of drug-likeness (QED) is 0.355. The van der Waals surface area contributed by atoms with E-state index in [0.717, 1.165) is 27.9 Å². The zero-order valence-corrected chi connectivity index (χ0v) is 28.5. The maximum atomic E-state index is 13.8. The Kier molecular flexibility index (Phi) is 10.9. The molecule has 2 saturated heterocycles. The van der Waals surface area contributed by atoms with Gasteiger partial charge in [0, 0.05) is 31.9 Å². The number of morpholine rings is 1. The second kappa shape index (κ2) is 15.0. The standard InChI is InChI=1S/C32H37F3N8O6S/c1-17(2)26-28(46)36-12-20-13-42(30(48)22-16-50-31(38-22)43-24(32(33,34)35)10-18(3)40-43)14-23(49-20)27(45)37-21(11-19-8-6-5-7-9-19)29(47)41(4)15-25(44)39-26/h5-10,16-17,20-21,23,26H,11-15H2,1-4H3,(H,36,46)(H,37,45)(H,39,44)/t20-,21+,23+,26-/m0/s1. The van der Waals surface area contributed by atoms with Gasteiger partial charge >= 0.3 is 6.18 Å². The Morgan fingerprint density at radius 2 is 1.80 bits per heavy atom. The second-order valence-electron chi connectivity index (χ2n) is 12.5. The van der Waals surface area contributed by atoms with Crippen LogP contribution in [-0.2, 0) is 36.5 Å². The van der Waals surface area contributed by atoms with Crippen LogP contribution in [0.5, 0.6) is 0 Å². The average Bonchev–Trinajstić information content (AvgIpc) is 3.72. The molecule has 0 radical (unpaired) electrons. The lowest BCUT2D eigenvalue weighted by atomic mass is 10.0. The van der Waals surface area contributed by atoms with Gasteiger partial charge in [-0.1, -0.05) is 44.2 Å². The summed E-state index contributed by atoms with van der Waals surface area (Å²) < 4.78 is 47.7. The maximum Gasteiger partial charge on any atom is 0.433 e. The maximum absolute atomic E-state index is 13.8. The van der Waals surface area contributed by atoms with Gasteiger partial charge in [0.25, 0.3) is 11.8 Å². The summed E-state index contributed by atoms with van der Waals surface area (Å²) >= 11 is 0.788. The molecule has 2 bridgehead atoms. The van der Waals surface area contributed by atoms with Crippen molar-refractivity contribution in [2.24, 2.45) is 5.92 Å². The smallest absolute Gasteiger partial charge is 0.360 e. The molecule has 2 fully saturated rings. The van der Waals surface area contributed by atoms with E-state index in [1.807, 2.05) is 0 Å². The fourth-order valence-electron chi connectivity index (χ4n) is 5.68. The van der Waals surface area contributed by atoms with Crippen molar-refractivity contribution in [3.63, 3.8) is 0 Å². The van der Waals surface area contributed by atoms with E-state index in [9.17, 15) is 37.1 Å². The number of nitrogens with one attached hydrogen (secondary N) is 3. The molecule has 1 aromatic carbocycles. The van der Waals surface area contributed by atoms with E-state index >= 15 is 0 Å². The van der Waals surface area contributed by atoms with Crippen LogP contribution < -0.4 is 16.0 Å². The van der Waals surface area contributed by atoms with Crippen molar-refractivity contribution in [1.82, 2.24) is 40.5 Å². The molecule has 2 aliphatic rings. The number of nitrogens with zero attached hydrogens (tertiary/aromatic N) is 5. The third-order valence-electron chi connectivity index (χ3n) is 8.18. The van der Waals surface area contributed by atoms with Gasteiger partial charge in [-0.2, -0.15) is 18.3 Å². The van der Waals surface area contributed by atoms with Gasteiger partial charge in [0.2, 0.25) is 22.9 Å². The zero-order valence-electron chi connectivity index (χ0n) is 27.7. The van der Waals surface area contributed by atoms with Crippen LogP contribution >= 0.6 is 11.3 Å². The van der Waals surface area contributed by atoms with E-state index in [0.29, 0.717) is 4.68 Å². The monoisotopic (exact) mass is 718 g/mol. The fourth-order valence-corrected chi connectivity index (χ4v) is 6.44. The van der Waals surface area contributed by atoms with Crippen molar-refractivity contribution >= 4 is 40.9 Å². The Labute approximate surface area is 289 Å². The van der Waals surface area contributed by atoms with Gasteiger partial charge in [-0.15, -0.1) is 11.3 Å². The molecule has 5 rings (SSSR count). The zero-order chi connectivity index (χ0) is 36.3. The van der Waals surface area contributed by atoms with Crippen LogP contribution in [0.25, 0.3) is 5.13 Å². The molecule has 4 heterocycles. The molecule has 0 saturated carbocycles. The molecule has 2 aliphatic heterocycles. The van der Waals surface area contributed by atoms with Gasteiger partial charge in [-0.25, -0.2) is 9.67 Å². The number of halogens is 3. The first-order valence-electron chi connectivity index (χ1n) is 15.8. The minimum absolute atomic E-state index is 0.0826. The summed E-state index contributed by atoms with van der Waals surface area (Å²) in [4.78, 5) is 73.9. The van der Waals surface area contributed by atoms with Crippen LogP contribution in [0, 0.1) is 12.8 Å². The van der Waals surface area contributed by atoms with Crippen molar-refractivity contribution in [3.05, 3.63) is 64.4 Å². The Balaban J connectivity index is 1.44. The van der Waals surface area contributed by atoms with Crippen LogP contribution in [0.1, 0.15) is 41.3 Å². The van der Waals surface area contributed by atoms with Crippen molar-refractivity contribution < 1.29 is 41.9 Å². The molecule has 5 amide bonds. The molecule has 0 spiro atoms. The molecule has 50 heavy (non-hydrogen) atoms. The van der Waals surface area contributed by atoms with Crippen molar-refractivity contribution in [2.75, 3.05) is 33.2 Å². The summed E-state index contributed by atoms with van der Waals surface area (Å²) in [7, 11) is 1.41.